The zero-order valence-corrected chi connectivity index (χ0v) is 23.6. The van der Waals surface area contributed by atoms with Crippen LogP contribution in [0.2, 0.25) is 10.0 Å². The number of anilines is 1. The normalized spacial score (nSPS) is 10.8. The van der Waals surface area contributed by atoms with Crippen LogP contribution in [0.3, 0.4) is 0 Å². The molecule has 10 heteroatoms. The van der Waals surface area contributed by atoms with Crippen molar-refractivity contribution in [1.82, 2.24) is 14.7 Å². The molecular formula is C27H32Cl2N4O4. The van der Waals surface area contributed by atoms with E-state index in [9.17, 15) is 9.59 Å². The predicted octanol–water partition coefficient (Wildman–Crippen LogP) is 6.35. The molecule has 37 heavy (non-hydrogen) atoms. The zero-order chi connectivity index (χ0) is 27.9. The van der Waals surface area contributed by atoms with Crippen LogP contribution in [0.5, 0.6) is 5.75 Å². The van der Waals surface area contributed by atoms with Gasteiger partial charge >= 0.3 is 11.8 Å². The van der Waals surface area contributed by atoms with Crippen LogP contribution in [0.1, 0.15) is 52.0 Å². The highest BCUT2D eigenvalue weighted by molar-refractivity contribution is 6.36. The van der Waals surface area contributed by atoms with Crippen molar-refractivity contribution >= 4 is 34.9 Å². The van der Waals surface area contributed by atoms with Crippen molar-refractivity contribution in [1.29, 1.82) is 0 Å². The van der Waals surface area contributed by atoms with Crippen molar-refractivity contribution in [2.24, 2.45) is 0 Å². The maximum atomic E-state index is 12.0. The number of urea groups is 1. The van der Waals surface area contributed by atoms with Gasteiger partial charge in [0.05, 0.1) is 15.7 Å². The van der Waals surface area contributed by atoms with E-state index in [1.54, 1.807) is 14.1 Å². The van der Waals surface area contributed by atoms with Crippen LogP contribution in [0.25, 0.3) is 5.69 Å². The van der Waals surface area contributed by atoms with Gasteiger partial charge < -0.3 is 19.4 Å². The first-order valence-electron chi connectivity index (χ1n) is 11.5. The molecule has 3 rings (SSSR count). The highest BCUT2D eigenvalue weighted by Gasteiger charge is 2.24. The van der Waals surface area contributed by atoms with Gasteiger partial charge in [-0.2, -0.15) is 4.68 Å². The number of nitrogens with one attached hydrogen (secondary N) is 1. The predicted molar refractivity (Wildman–Crippen MR) is 148 cm³/mol. The number of carbonyl (C=O) groups is 1. The maximum Gasteiger partial charge on any atom is 0.442 e. The zero-order valence-electron chi connectivity index (χ0n) is 22.1. The molecule has 0 fully saturated rings. The first-order chi connectivity index (χ1) is 17.2. The van der Waals surface area contributed by atoms with Gasteiger partial charge in [-0.15, -0.1) is 11.5 Å². The molecule has 3 aromatic rings. The Kier molecular flexibility index (Phi) is 10.2. The van der Waals surface area contributed by atoms with Crippen LogP contribution in [-0.2, 0) is 5.41 Å². The van der Waals surface area contributed by atoms with Crippen LogP contribution >= 0.6 is 23.2 Å². The molecule has 0 atom stereocenters. The van der Waals surface area contributed by atoms with Crippen LogP contribution in [0, 0.1) is 12.3 Å². The highest BCUT2D eigenvalue weighted by atomic mass is 35.5. The summed E-state index contributed by atoms with van der Waals surface area (Å²) in [7, 11) is 3.44. The van der Waals surface area contributed by atoms with E-state index >= 15 is 0 Å². The Balaban J connectivity index is 0.000000281. The summed E-state index contributed by atoms with van der Waals surface area (Å²) in [5.74, 6) is 2.82. The van der Waals surface area contributed by atoms with Crippen molar-refractivity contribution in [3.8, 4) is 23.8 Å². The van der Waals surface area contributed by atoms with Crippen LogP contribution in [0.4, 0.5) is 10.5 Å². The Morgan fingerprint density at radius 1 is 1.19 bits per heavy atom. The highest BCUT2D eigenvalue weighted by Crippen LogP contribution is 2.33. The summed E-state index contributed by atoms with van der Waals surface area (Å²) in [6, 6.07) is 10.8. The molecule has 8 nitrogen and oxygen atoms in total. The minimum atomic E-state index is -0.642. The Bertz CT molecular complexity index is 1310. The summed E-state index contributed by atoms with van der Waals surface area (Å²) in [6.45, 7) is 9.98. The van der Waals surface area contributed by atoms with E-state index in [1.165, 1.54) is 22.6 Å². The van der Waals surface area contributed by atoms with Crippen LogP contribution in [-0.4, -0.2) is 41.4 Å². The van der Waals surface area contributed by atoms with E-state index in [2.05, 4.69) is 30.2 Å². The first kappa shape index (κ1) is 29.8. The second-order valence-corrected chi connectivity index (χ2v) is 10.5. The average Bonchev–Trinajstić information content (AvgIpc) is 3.21. The van der Waals surface area contributed by atoms with Gasteiger partial charge in [-0.05, 0) is 29.7 Å². The molecule has 0 bridgehead atoms. The fraction of sp³-hybridized carbons (Fsp3) is 0.370. The Morgan fingerprint density at radius 3 is 2.30 bits per heavy atom. The molecule has 198 valence electrons. The molecule has 0 saturated heterocycles. The number of hydrogen-bond acceptors (Lipinski definition) is 5. The molecule has 1 heterocycles. The quantitative estimate of drug-likeness (QED) is 0.377. The Hall–Kier alpha value is -3.41. The van der Waals surface area contributed by atoms with Gasteiger partial charge in [-0.1, -0.05) is 75.9 Å². The van der Waals surface area contributed by atoms with Gasteiger partial charge in [-0.25, -0.2) is 9.59 Å². The Labute approximate surface area is 227 Å². The second-order valence-electron chi connectivity index (χ2n) is 9.66. The molecule has 0 radical (unpaired) electrons. The van der Waals surface area contributed by atoms with Crippen molar-refractivity contribution in [2.75, 3.05) is 26.0 Å². The molecule has 1 N–H and O–H groups in total. The Morgan fingerprint density at radius 2 is 1.81 bits per heavy atom. The van der Waals surface area contributed by atoms with Gasteiger partial charge in [-0.3, -0.25) is 0 Å². The van der Waals surface area contributed by atoms with Gasteiger partial charge in [0.15, 0.2) is 0 Å². The number of halogens is 2. The largest absolute Gasteiger partial charge is 0.479 e. The maximum absolute atomic E-state index is 12.0. The number of hydrogen-bond donors (Lipinski definition) is 1. The topological polar surface area (TPSA) is 89.6 Å². The number of aromatic nitrogens is 2. The van der Waals surface area contributed by atoms with Crippen LogP contribution < -0.4 is 15.8 Å². The molecule has 2 amide bonds. The number of rotatable bonds is 5. The van der Waals surface area contributed by atoms with Crippen molar-refractivity contribution in [2.45, 2.75) is 46.0 Å². The molecule has 0 aliphatic heterocycles. The summed E-state index contributed by atoms with van der Waals surface area (Å²) in [6.07, 6.45) is 5.15. The minimum absolute atomic E-state index is 0.0434. The molecule has 0 aliphatic carbocycles. The van der Waals surface area contributed by atoms with E-state index in [1.807, 2.05) is 45.0 Å². The molecule has 1 aromatic heterocycles. The van der Waals surface area contributed by atoms with Gasteiger partial charge in [0, 0.05) is 31.3 Å². The summed E-state index contributed by atoms with van der Waals surface area (Å²) in [5, 5.41) is 7.50. The lowest BCUT2D eigenvalue weighted by Gasteiger charge is -2.12. The molecular weight excluding hydrogens is 515 g/mol. The average molecular weight is 547 g/mol. The third-order valence-electron chi connectivity index (χ3n) is 4.96. The lowest BCUT2D eigenvalue weighted by atomic mass is 9.97. The summed E-state index contributed by atoms with van der Waals surface area (Å²) < 4.78 is 11.6. The van der Waals surface area contributed by atoms with Crippen molar-refractivity contribution < 1.29 is 13.9 Å². The number of amides is 2. The van der Waals surface area contributed by atoms with E-state index in [0.717, 1.165) is 10.4 Å². The minimum Gasteiger partial charge on any atom is -0.479 e. The van der Waals surface area contributed by atoms with E-state index in [4.69, 9.17) is 38.8 Å². The van der Waals surface area contributed by atoms with Gasteiger partial charge in [0.25, 0.3) is 0 Å². The fourth-order valence-corrected chi connectivity index (χ4v) is 3.35. The number of nitrogens with zero attached hydrogens (tertiary/aromatic N) is 3. The number of ether oxygens (including phenoxy) is 1. The van der Waals surface area contributed by atoms with Gasteiger partial charge in [0.2, 0.25) is 5.89 Å². The second kappa shape index (κ2) is 12.7. The summed E-state index contributed by atoms with van der Waals surface area (Å²) >= 11 is 12.2. The molecule has 0 spiro atoms. The monoisotopic (exact) mass is 546 g/mol. The lowest BCUT2D eigenvalue weighted by Crippen LogP contribution is -2.27. The van der Waals surface area contributed by atoms with Crippen LogP contribution in [0.15, 0.2) is 45.6 Å². The number of carbonyl (C=O) groups excluding carboxylic acids is 1. The summed E-state index contributed by atoms with van der Waals surface area (Å²) in [4.78, 5) is 24.9. The fourth-order valence-electron chi connectivity index (χ4n) is 2.83. The van der Waals surface area contributed by atoms with Crippen molar-refractivity contribution in [3.05, 3.63) is 68.4 Å². The smallest absolute Gasteiger partial charge is 0.442 e. The van der Waals surface area contributed by atoms with E-state index in [-0.39, 0.29) is 22.7 Å². The molecule has 0 aliphatic rings. The molecule has 0 unspecified atom stereocenters. The lowest BCUT2D eigenvalue weighted by molar-refractivity contribution is 0.230. The molecule has 0 saturated carbocycles. The number of terminal acetylenes is 1. The third kappa shape index (κ3) is 8.31. The van der Waals surface area contributed by atoms with E-state index < -0.39 is 11.2 Å². The standard InChI is InChI=1S/C15H14Cl2N2O3.C12H18N2O/c1-5-6-21-12-8-11(9(16)7-10(12)17)19-14(20)22-13(18-19)15(2,3)4;1-9(2)10-5-7-11(8-6-10)13-12(15)14(3)4/h1,7-8H,6H2,2-4H3;5-9H,1-4H3,(H,13,15). The van der Waals surface area contributed by atoms with E-state index in [0.29, 0.717) is 23.2 Å². The van der Waals surface area contributed by atoms with Crippen molar-refractivity contribution in [3.63, 3.8) is 0 Å². The van der Waals surface area contributed by atoms with Gasteiger partial charge in [0.1, 0.15) is 12.4 Å². The molecule has 2 aromatic carbocycles. The third-order valence-corrected chi connectivity index (χ3v) is 5.56. The SMILES string of the molecule is C#CCOc1cc(-n2nc(C(C)(C)C)oc2=O)c(Cl)cc1Cl.CC(C)c1ccc(NC(=O)N(C)C)cc1. The number of benzene rings is 2. The first-order valence-corrected chi connectivity index (χ1v) is 12.2. The summed E-state index contributed by atoms with van der Waals surface area (Å²) in [5.41, 5.74) is 2.00.